The summed E-state index contributed by atoms with van der Waals surface area (Å²) in [6.07, 6.45) is 2.62. The first-order valence-electron chi connectivity index (χ1n) is 13.9. The van der Waals surface area contributed by atoms with Gasteiger partial charge in [0.2, 0.25) is 0 Å². The summed E-state index contributed by atoms with van der Waals surface area (Å²) in [5, 5.41) is 5.93. The van der Waals surface area contributed by atoms with Gasteiger partial charge in [0.1, 0.15) is 23.4 Å². The number of ether oxygens (including phenoxy) is 3. The summed E-state index contributed by atoms with van der Waals surface area (Å²) in [7, 11) is 1.54. The van der Waals surface area contributed by atoms with Crippen LogP contribution in [0.3, 0.4) is 0 Å². The van der Waals surface area contributed by atoms with Gasteiger partial charge in [-0.2, -0.15) is 0 Å². The van der Waals surface area contributed by atoms with Gasteiger partial charge in [0.15, 0.2) is 6.61 Å². The summed E-state index contributed by atoms with van der Waals surface area (Å²) >= 11 is 0. The molecule has 0 aliphatic carbocycles. The Bertz CT molecular complexity index is 1660. The van der Waals surface area contributed by atoms with Crippen LogP contribution in [0.5, 0.6) is 17.2 Å². The van der Waals surface area contributed by atoms with Crippen LogP contribution in [0.25, 0.3) is 11.1 Å². The molecule has 218 valence electrons. The topological polar surface area (TPSA) is 119 Å². The highest BCUT2D eigenvalue weighted by Gasteiger charge is 2.38. The van der Waals surface area contributed by atoms with Crippen molar-refractivity contribution >= 4 is 17.7 Å². The molecule has 3 aliphatic heterocycles. The Labute approximate surface area is 248 Å². The minimum atomic E-state index is -0.539. The van der Waals surface area contributed by atoms with Crippen LogP contribution in [0.15, 0.2) is 91.3 Å². The smallest absolute Gasteiger partial charge is 0.258 e. The number of amides is 3. The number of fused-ring (bicyclic) bond motifs is 7. The van der Waals surface area contributed by atoms with Gasteiger partial charge in [-0.1, -0.05) is 30.3 Å². The van der Waals surface area contributed by atoms with Gasteiger partial charge in [0, 0.05) is 48.2 Å². The molecule has 1 aromatic heterocycles. The molecule has 4 heterocycles. The van der Waals surface area contributed by atoms with Crippen molar-refractivity contribution in [2.24, 2.45) is 0 Å². The van der Waals surface area contributed by atoms with Crippen molar-refractivity contribution in [1.29, 1.82) is 0 Å². The molecular formula is C33H30N4O6. The summed E-state index contributed by atoms with van der Waals surface area (Å²) in [5.41, 5.74) is 3.16. The van der Waals surface area contributed by atoms with Crippen LogP contribution < -0.4 is 24.8 Å². The average Bonchev–Trinajstić information content (AvgIpc) is 3.44. The molecule has 10 heteroatoms. The molecule has 43 heavy (non-hydrogen) atoms. The summed E-state index contributed by atoms with van der Waals surface area (Å²) < 4.78 is 17.7. The summed E-state index contributed by atoms with van der Waals surface area (Å²) in [4.78, 5) is 45.4. The predicted octanol–water partition coefficient (Wildman–Crippen LogP) is 3.47. The summed E-state index contributed by atoms with van der Waals surface area (Å²) in [6.45, 7) is 0.586. The second-order valence-corrected chi connectivity index (χ2v) is 10.3. The molecule has 6 bridgehead atoms. The molecule has 0 spiro atoms. The zero-order valence-electron chi connectivity index (χ0n) is 23.5. The number of benzene rings is 3. The molecule has 4 aromatic rings. The predicted molar refractivity (Wildman–Crippen MR) is 158 cm³/mol. The van der Waals surface area contributed by atoms with Crippen molar-refractivity contribution in [2.75, 3.05) is 26.8 Å². The standard InChI is InChI=1S/C33H30N4O6/c1-41-29-14-27-11-10-23(29)17-35-31(38)20-42-26-9-5-8-22(13-26)24-12-25(16-34-15-24)32(39)36-28-18-37(19-30(28)43-27)33(40)21-6-3-2-4-7-21/h2-16,28,30H,17-20H2,1H3,(H,35,38)(H,36,39)/t28-,30-/m0/s1. The van der Waals surface area contributed by atoms with E-state index in [0.29, 0.717) is 33.9 Å². The Morgan fingerprint density at radius 1 is 0.907 bits per heavy atom. The van der Waals surface area contributed by atoms with E-state index in [2.05, 4.69) is 15.6 Å². The van der Waals surface area contributed by atoms with E-state index in [1.165, 1.54) is 6.20 Å². The molecule has 1 fully saturated rings. The van der Waals surface area contributed by atoms with E-state index in [0.717, 1.165) is 11.1 Å². The number of rotatable bonds is 2. The maximum atomic E-state index is 13.5. The molecule has 3 amide bonds. The molecule has 10 nitrogen and oxygen atoms in total. The van der Waals surface area contributed by atoms with E-state index < -0.39 is 12.1 Å². The van der Waals surface area contributed by atoms with Crippen LogP contribution in [0.4, 0.5) is 0 Å². The highest BCUT2D eigenvalue weighted by atomic mass is 16.5. The van der Waals surface area contributed by atoms with Crippen molar-refractivity contribution in [3.8, 4) is 28.4 Å². The summed E-state index contributed by atoms with van der Waals surface area (Å²) in [5.74, 6) is 0.760. The molecule has 0 saturated carbocycles. The maximum absolute atomic E-state index is 13.5. The van der Waals surface area contributed by atoms with Crippen molar-refractivity contribution in [2.45, 2.75) is 18.7 Å². The van der Waals surface area contributed by atoms with Gasteiger partial charge in [0.25, 0.3) is 17.7 Å². The van der Waals surface area contributed by atoms with Crippen LogP contribution in [0.1, 0.15) is 26.3 Å². The molecular weight excluding hydrogens is 548 g/mol. The van der Waals surface area contributed by atoms with Crippen LogP contribution in [0.2, 0.25) is 0 Å². The summed E-state index contributed by atoms with van der Waals surface area (Å²) in [6, 6.07) is 22.8. The largest absolute Gasteiger partial charge is 0.496 e. The molecule has 7 rings (SSSR count). The minimum Gasteiger partial charge on any atom is -0.496 e. The lowest BCUT2D eigenvalue weighted by Crippen LogP contribution is -2.45. The second-order valence-electron chi connectivity index (χ2n) is 10.3. The zero-order valence-corrected chi connectivity index (χ0v) is 23.5. The molecule has 0 unspecified atom stereocenters. The third-order valence-electron chi connectivity index (χ3n) is 7.45. The average molecular weight is 579 g/mol. The van der Waals surface area contributed by atoms with Gasteiger partial charge in [0.05, 0.1) is 25.3 Å². The van der Waals surface area contributed by atoms with Crippen molar-refractivity contribution < 1.29 is 28.6 Å². The van der Waals surface area contributed by atoms with Crippen LogP contribution in [0, 0.1) is 0 Å². The molecule has 0 radical (unpaired) electrons. The molecule has 3 aliphatic rings. The molecule has 2 atom stereocenters. The fourth-order valence-electron chi connectivity index (χ4n) is 5.21. The maximum Gasteiger partial charge on any atom is 0.258 e. The fraction of sp³-hybridized carbons (Fsp3) is 0.212. The Balaban J connectivity index is 1.34. The third-order valence-corrected chi connectivity index (χ3v) is 7.45. The van der Waals surface area contributed by atoms with E-state index in [1.807, 2.05) is 36.4 Å². The number of carbonyl (C=O) groups is 3. The quantitative estimate of drug-likeness (QED) is 0.374. The first-order chi connectivity index (χ1) is 21.0. The van der Waals surface area contributed by atoms with Crippen LogP contribution in [-0.4, -0.2) is 66.6 Å². The van der Waals surface area contributed by atoms with Crippen LogP contribution in [-0.2, 0) is 11.3 Å². The van der Waals surface area contributed by atoms with E-state index in [9.17, 15) is 14.4 Å². The van der Waals surface area contributed by atoms with Gasteiger partial charge in [-0.05, 0) is 48.0 Å². The van der Waals surface area contributed by atoms with Gasteiger partial charge in [-0.25, -0.2) is 0 Å². The van der Waals surface area contributed by atoms with Crippen molar-refractivity contribution in [3.05, 3.63) is 108 Å². The number of carbonyl (C=O) groups excluding carboxylic acids is 3. The number of nitrogens with zero attached hydrogens (tertiary/aromatic N) is 2. The number of aromatic nitrogens is 1. The number of pyridine rings is 1. The minimum absolute atomic E-state index is 0.147. The Morgan fingerprint density at radius 3 is 2.58 bits per heavy atom. The Hall–Kier alpha value is -5.38. The van der Waals surface area contributed by atoms with Gasteiger partial charge >= 0.3 is 0 Å². The third kappa shape index (κ3) is 6.28. The Kier molecular flexibility index (Phi) is 7.90. The fourth-order valence-corrected chi connectivity index (χ4v) is 5.21. The normalized spacial score (nSPS) is 18.4. The van der Waals surface area contributed by atoms with Crippen molar-refractivity contribution in [3.63, 3.8) is 0 Å². The van der Waals surface area contributed by atoms with Gasteiger partial charge < -0.3 is 29.7 Å². The lowest BCUT2D eigenvalue weighted by Gasteiger charge is -2.22. The molecule has 2 N–H and O–H groups in total. The number of nitrogens with one attached hydrogen (secondary N) is 2. The number of hydrogen-bond acceptors (Lipinski definition) is 7. The zero-order chi connectivity index (χ0) is 29.8. The van der Waals surface area contributed by atoms with E-state index in [-0.39, 0.29) is 44.0 Å². The van der Waals surface area contributed by atoms with Gasteiger partial charge in [-0.15, -0.1) is 0 Å². The van der Waals surface area contributed by atoms with E-state index >= 15 is 0 Å². The van der Waals surface area contributed by atoms with E-state index in [1.54, 1.807) is 60.7 Å². The lowest BCUT2D eigenvalue weighted by molar-refractivity contribution is -0.123. The molecule has 3 aromatic carbocycles. The first kappa shape index (κ1) is 27.8. The van der Waals surface area contributed by atoms with E-state index in [4.69, 9.17) is 14.2 Å². The highest BCUT2D eigenvalue weighted by Crippen LogP contribution is 2.28. The Morgan fingerprint density at radius 2 is 1.74 bits per heavy atom. The number of methoxy groups -OCH3 is 1. The first-order valence-corrected chi connectivity index (χ1v) is 13.9. The lowest BCUT2D eigenvalue weighted by atomic mass is 10.1. The monoisotopic (exact) mass is 578 g/mol. The van der Waals surface area contributed by atoms with Crippen molar-refractivity contribution in [1.82, 2.24) is 20.5 Å². The van der Waals surface area contributed by atoms with Gasteiger partial charge in [-0.3, -0.25) is 19.4 Å². The second kappa shape index (κ2) is 12.2. The number of likely N-dealkylation sites (tertiary alicyclic amines) is 1. The number of hydrogen-bond donors (Lipinski definition) is 2. The highest BCUT2D eigenvalue weighted by molar-refractivity contribution is 5.96. The van der Waals surface area contributed by atoms with Crippen LogP contribution >= 0.6 is 0 Å². The SMILES string of the molecule is COc1cc2ccc1CNC(=O)COc1cccc(c1)-c1cncc(c1)C(=O)N[C@H]1CN(C(=O)c3ccccc3)C[C@@H]1O2. The molecule has 1 saturated heterocycles.